The zero-order valence-corrected chi connectivity index (χ0v) is 19.3. The summed E-state index contributed by atoms with van der Waals surface area (Å²) in [5.41, 5.74) is 3.70. The van der Waals surface area contributed by atoms with E-state index in [9.17, 15) is 19.5 Å². The molecular weight excluding hydrogens is 402 g/mol. The maximum atomic E-state index is 11.8. The van der Waals surface area contributed by atoms with Crippen molar-refractivity contribution < 1.29 is 24.6 Å². The molecule has 0 aliphatic rings. The summed E-state index contributed by atoms with van der Waals surface area (Å²) in [5.74, 6) is -2.23. The lowest BCUT2D eigenvalue weighted by Gasteiger charge is -2.14. The molecule has 0 aromatic heterocycles. The molecule has 0 aliphatic heterocycles. The van der Waals surface area contributed by atoms with Gasteiger partial charge in [-0.25, -0.2) is 9.59 Å². The highest BCUT2D eigenvalue weighted by Crippen LogP contribution is 2.13. The van der Waals surface area contributed by atoms with Gasteiger partial charge in [0.1, 0.15) is 6.04 Å². The summed E-state index contributed by atoms with van der Waals surface area (Å²) in [6.07, 6.45) is 10.2. The Kier molecular flexibility index (Phi) is 14.4. The highest BCUT2D eigenvalue weighted by atomic mass is 32.2. The number of hydrogen-bond acceptors (Lipinski definition) is 4. The van der Waals surface area contributed by atoms with Gasteiger partial charge in [-0.1, -0.05) is 41.5 Å². The van der Waals surface area contributed by atoms with Gasteiger partial charge >= 0.3 is 11.9 Å². The fourth-order valence-corrected chi connectivity index (χ4v) is 3.42. The van der Waals surface area contributed by atoms with Crippen molar-refractivity contribution in [2.45, 2.75) is 65.8 Å². The van der Waals surface area contributed by atoms with Crippen molar-refractivity contribution in [2.75, 3.05) is 11.5 Å². The van der Waals surface area contributed by atoms with Crippen molar-refractivity contribution in [2.24, 2.45) is 0 Å². The molecule has 0 aliphatic carbocycles. The van der Waals surface area contributed by atoms with Crippen LogP contribution in [0.5, 0.6) is 0 Å². The molecule has 0 fully saturated rings. The second-order valence-corrected chi connectivity index (χ2v) is 8.62. The molecule has 7 heteroatoms. The molecule has 3 N–H and O–H groups in total. The average Bonchev–Trinajstić information content (AvgIpc) is 2.63. The summed E-state index contributed by atoms with van der Waals surface area (Å²) in [6.45, 7) is 11.7. The molecule has 1 atom stereocenters. The van der Waals surface area contributed by atoms with Crippen LogP contribution in [0.3, 0.4) is 0 Å². The van der Waals surface area contributed by atoms with Gasteiger partial charge in [-0.3, -0.25) is 4.79 Å². The fraction of sp³-hybridized carbons (Fsp3) is 0.522. The Morgan fingerprint density at radius 3 is 2.07 bits per heavy atom. The highest BCUT2D eigenvalue weighted by Gasteiger charge is 2.21. The molecule has 0 heterocycles. The van der Waals surface area contributed by atoms with E-state index < -0.39 is 30.3 Å². The molecule has 0 radical (unpaired) electrons. The van der Waals surface area contributed by atoms with Crippen LogP contribution < -0.4 is 5.32 Å². The van der Waals surface area contributed by atoms with Crippen LogP contribution >= 0.6 is 11.8 Å². The lowest BCUT2D eigenvalue weighted by atomic mass is 10.1. The number of hydrogen-bond donors (Lipinski definition) is 3. The molecule has 0 saturated heterocycles. The van der Waals surface area contributed by atoms with Crippen molar-refractivity contribution in [3.05, 3.63) is 47.1 Å². The number of carboxylic acids is 2. The predicted octanol–water partition coefficient (Wildman–Crippen LogP) is 4.74. The van der Waals surface area contributed by atoms with E-state index in [1.54, 1.807) is 0 Å². The zero-order chi connectivity index (χ0) is 23.1. The number of aliphatic carboxylic acids is 2. The molecule has 0 spiro atoms. The van der Waals surface area contributed by atoms with Crippen molar-refractivity contribution in [1.82, 2.24) is 5.32 Å². The van der Waals surface area contributed by atoms with E-state index >= 15 is 0 Å². The summed E-state index contributed by atoms with van der Waals surface area (Å²) in [7, 11) is 0. The van der Waals surface area contributed by atoms with Gasteiger partial charge in [-0.2, -0.15) is 11.8 Å². The quantitative estimate of drug-likeness (QED) is 0.194. The van der Waals surface area contributed by atoms with E-state index in [1.165, 1.54) is 28.5 Å². The minimum Gasteiger partial charge on any atom is -0.480 e. The van der Waals surface area contributed by atoms with E-state index in [1.807, 2.05) is 0 Å². The first kappa shape index (κ1) is 27.7. The van der Waals surface area contributed by atoms with Crippen molar-refractivity contribution in [1.29, 1.82) is 0 Å². The van der Waals surface area contributed by atoms with Gasteiger partial charge in [0.2, 0.25) is 5.91 Å². The molecule has 0 saturated carbocycles. The normalized spacial score (nSPS) is 12.8. The lowest BCUT2D eigenvalue weighted by Crippen LogP contribution is -2.42. The first-order valence-corrected chi connectivity index (χ1v) is 11.1. The Hall–Kier alpha value is -2.28. The Bertz CT molecular complexity index is 702. The third-order valence-electron chi connectivity index (χ3n) is 4.27. The predicted molar refractivity (Wildman–Crippen MR) is 124 cm³/mol. The van der Waals surface area contributed by atoms with Gasteiger partial charge in [0.05, 0.1) is 6.42 Å². The molecule has 0 bridgehead atoms. The standard InChI is InChI=1S/C23H35NO5S/c1-16(2)8-6-9-17(3)10-7-11-18(4)12-13-30-15-20(23(28)29)24-21(25)14-19(5)22(26)27/h8,10,12,20H,5-7,9,11,13-15H2,1-4H3,(H,24,25)(H,26,27)(H,28,29). The van der Waals surface area contributed by atoms with Crippen molar-refractivity contribution >= 4 is 29.6 Å². The van der Waals surface area contributed by atoms with Gasteiger partial charge in [0, 0.05) is 17.1 Å². The van der Waals surface area contributed by atoms with Crippen LogP contribution in [0.15, 0.2) is 47.1 Å². The van der Waals surface area contributed by atoms with Gasteiger partial charge in [-0.05, 0) is 53.4 Å². The minimum atomic E-state index is -1.27. The minimum absolute atomic E-state index is 0.202. The van der Waals surface area contributed by atoms with Gasteiger partial charge in [-0.15, -0.1) is 0 Å². The first-order valence-electron chi connectivity index (χ1n) is 9.98. The number of rotatable bonds is 15. The topological polar surface area (TPSA) is 104 Å². The van der Waals surface area contributed by atoms with E-state index in [2.05, 4.69) is 57.8 Å². The van der Waals surface area contributed by atoms with Crippen LogP contribution in [0, 0.1) is 0 Å². The summed E-state index contributed by atoms with van der Waals surface area (Å²) in [6, 6.07) is -1.07. The van der Waals surface area contributed by atoms with Gasteiger partial charge in [0.15, 0.2) is 0 Å². The van der Waals surface area contributed by atoms with E-state index in [0.717, 1.165) is 25.7 Å². The Labute approximate surface area is 184 Å². The first-order chi connectivity index (χ1) is 14.0. The summed E-state index contributed by atoms with van der Waals surface area (Å²) >= 11 is 1.41. The number of carboxylic acid groups (broad SMARTS) is 2. The van der Waals surface area contributed by atoms with E-state index in [4.69, 9.17) is 5.11 Å². The largest absolute Gasteiger partial charge is 0.480 e. The Balaban J connectivity index is 4.30. The average molecular weight is 438 g/mol. The maximum absolute atomic E-state index is 11.8. The van der Waals surface area contributed by atoms with Crippen LogP contribution in [0.1, 0.15) is 59.8 Å². The summed E-state index contributed by atoms with van der Waals surface area (Å²) in [5, 5.41) is 20.3. The summed E-state index contributed by atoms with van der Waals surface area (Å²) in [4.78, 5) is 33.8. The number of allylic oxidation sites excluding steroid dienone is 5. The second kappa shape index (κ2) is 15.5. The number of amides is 1. The molecule has 30 heavy (non-hydrogen) atoms. The van der Waals surface area contributed by atoms with Crippen LogP contribution in [0.4, 0.5) is 0 Å². The smallest absolute Gasteiger partial charge is 0.331 e. The number of thioether (sulfide) groups is 1. The SMILES string of the molecule is C=C(CC(=O)NC(CSCC=C(C)CCC=C(C)CCC=C(C)C)C(=O)O)C(=O)O. The number of carbonyl (C=O) groups excluding carboxylic acids is 1. The monoisotopic (exact) mass is 437 g/mol. The molecule has 0 aromatic rings. The zero-order valence-electron chi connectivity index (χ0n) is 18.5. The van der Waals surface area contributed by atoms with E-state index in [-0.39, 0.29) is 11.3 Å². The van der Waals surface area contributed by atoms with Crippen LogP contribution in [0.2, 0.25) is 0 Å². The second-order valence-electron chi connectivity index (χ2n) is 7.54. The van der Waals surface area contributed by atoms with Crippen molar-refractivity contribution in [3.63, 3.8) is 0 Å². The van der Waals surface area contributed by atoms with Gasteiger partial charge < -0.3 is 15.5 Å². The Morgan fingerprint density at radius 2 is 1.53 bits per heavy atom. The molecule has 0 rings (SSSR count). The third-order valence-corrected chi connectivity index (χ3v) is 5.24. The summed E-state index contributed by atoms with van der Waals surface area (Å²) < 4.78 is 0. The molecular formula is C23H35NO5S. The molecule has 0 aromatic carbocycles. The van der Waals surface area contributed by atoms with Crippen LogP contribution in [-0.4, -0.2) is 45.6 Å². The lowest BCUT2D eigenvalue weighted by molar-refractivity contribution is -0.141. The van der Waals surface area contributed by atoms with E-state index in [0.29, 0.717) is 5.75 Å². The fourth-order valence-electron chi connectivity index (χ4n) is 2.42. The maximum Gasteiger partial charge on any atom is 0.331 e. The number of carbonyl (C=O) groups is 3. The number of nitrogens with one attached hydrogen (secondary N) is 1. The molecule has 1 unspecified atom stereocenters. The molecule has 1 amide bonds. The Morgan fingerprint density at radius 1 is 0.967 bits per heavy atom. The van der Waals surface area contributed by atoms with Gasteiger partial charge in [0.25, 0.3) is 0 Å². The van der Waals surface area contributed by atoms with Crippen LogP contribution in [0.25, 0.3) is 0 Å². The third kappa shape index (κ3) is 14.7. The van der Waals surface area contributed by atoms with Crippen molar-refractivity contribution in [3.8, 4) is 0 Å². The van der Waals surface area contributed by atoms with Crippen LogP contribution in [-0.2, 0) is 14.4 Å². The molecule has 168 valence electrons. The molecule has 6 nitrogen and oxygen atoms in total. The highest BCUT2D eigenvalue weighted by molar-refractivity contribution is 7.99.